The third kappa shape index (κ3) is 3.48. The van der Waals surface area contributed by atoms with Crippen LogP contribution in [-0.4, -0.2) is 22.3 Å². The summed E-state index contributed by atoms with van der Waals surface area (Å²) >= 11 is 0. The summed E-state index contributed by atoms with van der Waals surface area (Å²) in [6, 6.07) is 0. The molecule has 0 saturated heterocycles. The van der Waals surface area contributed by atoms with Gasteiger partial charge in [0.15, 0.2) is 0 Å². The van der Waals surface area contributed by atoms with E-state index in [9.17, 15) is 9.90 Å². The molecule has 3 heteroatoms. The Hall–Kier alpha value is -0.570. The lowest BCUT2D eigenvalue weighted by Crippen LogP contribution is -2.42. The van der Waals surface area contributed by atoms with Crippen molar-refractivity contribution in [1.29, 1.82) is 0 Å². The molecule has 94 valence electrons. The zero-order valence-corrected chi connectivity index (χ0v) is 10.9. The number of ether oxygens (including phenoxy) is 1. The SMILES string of the molecule is CCC(=O)OC(C)(C)C1CCC(C)(O)CC1. The van der Waals surface area contributed by atoms with Crippen molar-refractivity contribution < 1.29 is 14.6 Å². The molecule has 1 rings (SSSR count). The maximum Gasteiger partial charge on any atom is 0.306 e. The van der Waals surface area contributed by atoms with Gasteiger partial charge in [-0.15, -0.1) is 0 Å². The molecule has 0 aromatic rings. The third-order valence-corrected chi connectivity index (χ3v) is 3.71. The van der Waals surface area contributed by atoms with E-state index in [1.165, 1.54) is 0 Å². The zero-order valence-electron chi connectivity index (χ0n) is 10.9. The van der Waals surface area contributed by atoms with Crippen molar-refractivity contribution in [3.63, 3.8) is 0 Å². The van der Waals surface area contributed by atoms with Crippen molar-refractivity contribution >= 4 is 5.97 Å². The molecule has 0 aromatic heterocycles. The van der Waals surface area contributed by atoms with Crippen LogP contribution in [0.3, 0.4) is 0 Å². The Morgan fingerprint density at radius 1 is 1.44 bits per heavy atom. The molecule has 1 N–H and O–H groups in total. The maximum atomic E-state index is 11.3. The molecule has 0 aliphatic heterocycles. The van der Waals surface area contributed by atoms with E-state index in [0.717, 1.165) is 25.7 Å². The van der Waals surface area contributed by atoms with Gasteiger partial charge in [-0.1, -0.05) is 6.92 Å². The maximum absolute atomic E-state index is 11.3. The van der Waals surface area contributed by atoms with Crippen molar-refractivity contribution in [2.45, 2.75) is 71.0 Å². The van der Waals surface area contributed by atoms with Crippen LogP contribution in [-0.2, 0) is 9.53 Å². The predicted molar refractivity (Wildman–Crippen MR) is 63.0 cm³/mol. The second-order valence-electron chi connectivity index (χ2n) is 5.70. The van der Waals surface area contributed by atoms with Gasteiger partial charge in [0.05, 0.1) is 5.60 Å². The number of carbonyl (C=O) groups excluding carboxylic acids is 1. The van der Waals surface area contributed by atoms with Crippen molar-refractivity contribution in [1.82, 2.24) is 0 Å². The highest BCUT2D eigenvalue weighted by Crippen LogP contribution is 2.38. The summed E-state index contributed by atoms with van der Waals surface area (Å²) in [5, 5.41) is 9.88. The van der Waals surface area contributed by atoms with Gasteiger partial charge in [-0.2, -0.15) is 0 Å². The van der Waals surface area contributed by atoms with Gasteiger partial charge in [0.2, 0.25) is 0 Å². The molecule has 1 aliphatic rings. The van der Waals surface area contributed by atoms with Crippen LogP contribution in [0.2, 0.25) is 0 Å². The van der Waals surface area contributed by atoms with E-state index in [1.54, 1.807) is 0 Å². The van der Waals surface area contributed by atoms with Crippen LogP contribution < -0.4 is 0 Å². The highest BCUT2D eigenvalue weighted by Gasteiger charge is 2.38. The first-order chi connectivity index (χ1) is 7.27. The van der Waals surface area contributed by atoms with E-state index in [2.05, 4.69) is 0 Å². The number of aliphatic hydroxyl groups is 1. The molecule has 0 unspecified atom stereocenters. The van der Waals surface area contributed by atoms with Crippen molar-refractivity contribution in [3.8, 4) is 0 Å². The van der Waals surface area contributed by atoms with Crippen LogP contribution in [0.4, 0.5) is 0 Å². The Kier molecular flexibility index (Phi) is 4.00. The van der Waals surface area contributed by atoms with Crippen molar-refractivity contribution in [3.05, 3.63) is 0 Å². The Balaban J connectivity index is 2.54. The van der Waals surface area contributed by atoms with Gasteiger partial charge in [0, 0.05) is 6.42 Å². The molecule has 1 aliphatic carbocycles. The molecule has 0 spiro atoms. The highest BCUT2D eigenvalue weighted by atomic mass is 16.6. The molecule has 1 saturated carbocycles. The molecule has 0 amide bonds. The van der Waals surface area contributed by atoms with Crippen LogP contribution in [0.1, 0.15) is 59.8 Å². The molecule has 16 heavy (non-hydrogen) atoms. The summed E-state index contributed by atoms with van der Waals surface area (Å²) < 4.78 is 5.47. The van der Waals surface area contributed by atoms with Crippen LogP contribution >= 0.6 is 0 Å². The predicted octanol–water partition coefficient (Wildman–Crippen LogP) is 2.66. The number of rotatable bonds is 3. The van der Waals surface area contributed by atoms with E-state index in [1.807, 2.05) is 27.7 Å². The van der Waals surface area contributed by atoms with Crippen molar-refractivity contribution in [2.24, 2.45) is 5.92 Å². The normalized spacial score (nSPS) is 31.2. The van der Waals surface area contributed by atoms with E-state index < -0.39 is 11.2 Å². The van der Waals surface area contributed by atoms with Crippen LogP contribution in [0.5, 0.6) is 0 Å². The van der Waals surface area contributed by atoms with E-state index in [0.29, 0.717) is 12.3 Å². The van der Waals surface area contributed by atoms with Gasteiger partial charge in [0.1, 0.15) is 5.60 Å². The smallest absolute Gasteiger partial charge is 0.306 e. The largest absolute Gasteiger partial charge is 0.459 e. The molecule has 3 nitrogen and oxygen atoms in total. The Bertz CT molecular complexity index is 246. The molecular formula is C13H24O3. The van der Waals surface area contributed by atoms with Crippen molar-refractivity contribution in [2.75, 3.05) is 0 Å². The highest BCUT2D eigenvalue weighted by molar-refractivity contribution is 5.69. The number of esters is 1. The average Bonchev–Trinajstić information content (AvgIpc) is 2.16. The lowest BCUT2D eigenvalue weighted by atomic mass is 9.73. The Labute approximate surface area is 98.2 Å². The first-order valence-corrected chi connectivity index (χ1v) is 6.21. The van der Waals surface area contributed by atoms with Gasteiger partial charge >= 0.3 is 5.97 Å². The minimum Gasteiger partial charge on any atom is -0.459 e. The summed E-state index contributed by atoms with van der Waals surface area (Å²) in [6.45, 7) is 7.65. The second kappa shape index (κ2) is 4.74. The summed E-state index contributed by atoms with van der Waals surface area (Å²) in [7, 11) is 0. The molecule has 0 heterocycles. The molecule has 0 atom stereocenters. The Morgan fingerprint density at radius 2 is 1.94 bits per heavy atom. The minimum absolute atomic E-state index is 0.137. The van der Waals surface area contributed by atoms with Gasteiger partial charge in [-0.3, -0.25) is 4.79 Å². The topological polar surface area (TPSA) is 46.5 Å². The second-order valence-corrected chi connectivity index (χ2v) is 5.70. The summed E-state index contributed by atoms with van der Waals surface area (Å²) in [6.07, 6.45) is 3.87. The summed E-state index contributed by atoms with van der Waals surface area (Å²) in [5.41, 5.74) is -0.926. The fourth-order valence-electron chi connectivity index (χ4n) is 2.38. The third-order valence-electron chi connectivity index (χ3n) is 3.71. The van der Waals surface area contributed by atoms with E-state index in [-0.39, 0.29) is 5.97 Å². The standard InChI is InChI=1S/C13H24O3/c1-5-11(14)16-12(2,3)10-6-8-13(4,15)9-7-10/h10,15H,5-9H2,1-4H3. The fraction of sp³-hybridized carbons (Fsp3) is 0.923. The number of hydrogen-bond donors (Lipinski definition) is 1. The monoisotopic (exact) mass is 228 g/mol. The molecule has 0 aromatic carbocycles. The molecule has 0 bridgehead atoms. The zero-order chi connectivity index (χ0) is 12.4. The van der Waals surface area contributed by atoms with E-state index in [4.69, 9.17) is 4.74 Å². The first kappa shape index (κ1) is 13.5. The molecule has 1 fully saturated rings. The lowest BCUT2D eigenvalue weighted by Gasteiger charge is -2.40. The van der Waals surface area contributed by atoms with Crippen LogP contribution in [0, 0.1) is 5.92 Å². The van der Waals surface area contributed by atoms with Crippen LogP contribution in [0.25, 0.3) is 0 Å². The van der Waals surface area contributed by atoms with Gasteiger partial charge in [0.25, 0.3) is 0 Å². The van der Waals surface area contributed by atoms with Crippen LogP contribution in [0.15, 0.2) is 0 Å². The van der Waals surface area contributed by atoms with Gasteiger partial charge in [-0.05, 0) is 52.4 Å². The van der Waals surface area contributed by atoms with E-state index >= 15 is 0 Å². The summed E-state index contributed by atoms with van der Waals surface area (Å²) in [4.78, 5) is 11.3. The first-order valence-electron chi connectivity index (χ1n) is 6.21. The fourth-order valence-corrected chi connectivity index (χ4v) is 2.38. The number of hydrogen-bond acceptors (Lipinski definition) is 3. The quantitative estimate of drug-likeness (QED) is 0.755. The molecular weight excluding hydrogens is 204 g/mol. The summed E-state index contributed by atoms with van der Waals surface area (Å²) in [5.74, 6) is 0.227. The Morgan fingerprint density at radius 3 is 2.38 bits per heavy atom. The lowest BCUT2D eigenvalue weighted by molar-refractivity contribution is -0.164. The number of carbonyl (C=O) groups is 1. The van der Waals surface area contributed by atoms with Gasteiger partial charge < -0.3 is 9.84 Å². The average molecular weight is 228 g/mol. The minimum atomic E-state index is -0.526. The molecule has 0 radical (unpaired) electrons. The van der Waals surface area contributed by atoms with Gasteiger partial charge in [-0.25, -0.2) is 0 Å².